The fourth-order valence-electron chi connectivity index (χ4n) is 2.73. The van der Waals surface area contributed by atoms with Gasteiger partial charge in [0, 0.05) is 32.5 Å². The van der Waals surface area contributed by atoms with E-state index in [4.69, 9.17) is 0 Å². The third kappa shape index (κ3) is 3.53. The van der Waals surface area contributed by atoms with Crippen LogP contribution in [0.1, 0.15) is 32.6 Å². The van der Waals surface area contributed by atoms with Crippen molar-refractivity contribution in [1.82, 2.24) is 9.80 Å². The Labute approximate surface area is 103 Å². The zero-order valence-electron chi connectivity index (χ0n) is 10.7. The van der Waals surface area contributed by atoms with Crippen LogP contribution in [0.15, 0.2) is 0 Å². The molecule has 0 aromatic rings. The number of hydrogen-bond donors (Lipinski definition) is 0. The molecule has 2 saturated heterocycles. The molecule has 1 amide bonds. The molecule has 17 heavy (non-hydrogen) atoms. The fourth-order valence-corrected chi connectivity index (χ4v) is 2.73. The number of hydrogen-bond acceptors (Lipinski definition) is 3. The SMILES string of the molecule is CC1CCCN(CC(=O)N2CCC(=O)CC2)C1. The molecule has 0 radical (unpaired) electrons. The molecule has 0 saturated carbocycles. The number of piperidine rings is 2. The molecule has 0 aliphatic carbocycles. The van der Waals surface area contributed by atoms with Gasteiger partial charge in [-0.1, -0.05) is 6.92 Å². The molecule has 2 aliphatic heterocycles. The molecule has 4 heteroatoms. The smallest absolute Gasteiger partial charge is 0.236 e. The number of carbonyl (C=O) groups excluding carboxylic acids is 2. The predicted octanol–water partition coefficient (Wildman–Crippen LogP) is 0.910. The van der Waals surface area contributed by atoms with Gasteiger partial charge < -0.3 is 4.90 Å². The number of carbonyl (C=O) groups is 2. The zero-order chi connectivity index (χ0) is 12.3. The highest BCUT2D eigenvalue weighted by Gasteiger charge is 2.24. The Kier molecular flexibility index (Phi) is 4.15. The summed E-state index contributed by atoms with van der Waals surface area (Å²) < 4.78 is 0. The van der Waals surface area contributed by atoms with Crippen LogP contribution in [-0.2, 0) is 9.59 Å². The molecule has 2 fully saturated rings. The van der Waals surface area contributed by atoms with Gasteiger partial charge in [0.05, 0.1) is 6.54 Å². The van der Waals surface area contributed by atoms with Crippen LogP contribution in [0.5, 0.6) is 0 Å². The van der Waals surface area contributed by atoms with Crippen LogP contribution in [0.2, 0.25) is 0 Å². The van der Waals surface area contributed by atoms with Crippen molar-refractivity contribution in [3.63, 3.8) is 0 Å². The quantitative estimate of drug-likeness (QED) is 0.718. The van der Waals surface area contributed by atoms with E-state index in [1.807, 2.05) is 4.90 Å². The Morgan fingerprint density at radius 3 is 2.65 bits per heavy atom. The summed E-state index contributed by atoms with van der Waals surface area (Å²) in [5.74, 6) is 1.20. The molecule has 0 aromatic heterocycles. The van der Waals surface area contributed by atoms with E-state index in [1.165, 1.54) is 12.8 Å². The van der Waals surface area contributed by atoms with E-state index in [-0.39, 0.29) is 5.91 Å². The maximum absolute atomic E-state index is 12.1. The minimum atomic E-state index is 0.201. The van der Waals surface area contributed by atoms with Gasteiger partial charge in [0.15, 0.2) is 0 Å². The van der Waals surface area contributed by atoms with Crippen LogP contribution < -0.4 is 0 Å². The number of rotatable bonds is 2. The van der Waals surface area contributed by atoms with Crippen molar-refractivity contribution in [2.24, 2.45) is 5.92 Å². The van der Waals surface area contributed by atoms with Crippen LogP contribution >= 0.6 is 0 Å². The molecule has 2 aliphatic rings. The van der Waals surface area contributed by atoms with Gasteiger partial charge in [0.2, 0.25) is 5.91 Å². The third-order valence-corrected chi connectivity index (χ3v) is 3.77. The van der Waals surface area contributed by atoms with Crippen molar-refractivity contribution >= 4 is 11.7 Å². The average molecular weight is 238 g/mol. The van der Waals surface area contributed by atoms with Gasteiger partial charge in [0.1, 0.15) is 5.78 Å². The average Bonchev–Trinajstić information content (AvgIpc) is 2.29. The molecule has 0 aromatic carbocycles. The van der Waals surface area contributed by atoms with Crippen molar-refractivity contribution in [3.05, 3.63) is 0 Å². The molecule has 4 nitrogen and oxygen atoms in total. The molecule has 0 N–H and O–H groups in total. The highest BCUT2D eigenvalue weighted by atomic mass is 16.2. The molecular formula is C13H22N2O2. The summed E-state index contributed by atoms with van der Waals surface area (Å²) in [6.45, 7) is 6.12. The summed E-state index contributed by atoms with van der Waals surface area (Å²) in [4.78, 5) is 27.3. The summed E-state index contributed by atoms with van der Waals surface area (Å²) in [5, 5.41) is 0. The second-order valence-corrected chi connectivity index (χ2v) is 5.40. The minimum absolute atomic E-state index is 0.201. The first-order chi connectivity index (χ1) is 8.15. The summed E-state index contributed by atoms with van der Waals surface area (Å²) in [5.41, 5.74) is 0. The molecule has 2 rings (SSSR count). The standard InChI is InChI=1S/C13H22N2O2/c1-11-3-2-6-14(9-11)10-13(17)15-7-4-12(16)5-8-15/h11H,2-10H2,1H3. The highest BCUT2D eigenvalue weighted by molar-refractivity contribution is 5.84. The van der Waals surface area contributed by atoms with Gasteiger partial charge in [-0.2, -0.15) is 0 Å². The normalized spacial score (nSPS) is 27.2. The number of amides is 1. The molecule has 96 valence electrons. The maximum Gasteiger partial charge on any atom is 0.236 e. The van der Waals surface area contributed by atoms with Crippen molar-refractivity contribution in [2.45, 2.75) is 32.6 Å². The van der Waals surface area contributed by atoms with E-state index in [1.54, 1.807) is 0 Å². The van der Waals surface area contributed by atoms with Gasteiger partial charge in [-0.15, -0.1) is 0 Å². The summed E-state index contributed by atoms with van der Waals surface area (Å²) in [7, 11) is 0. The maximum atomic E-state index is 12.1. The van der Waals surface area contributed by atoms with Crippen molar-refractivity contribution < 1.29 is 9.59 Å². The second kappa shape index (κ2) is 5.63. The van der Waals surface area contributed by atoms with Crippen LogP contribution in [0.4, 0.5) is 0 Å². The first-order valence-corrected chi connectivity index (χ1v) is 6.67. The van der Waals surface area contributed by atoms with E-state index >= 15 is 0 Å². The Morgan fingerprint density at radius 1 is 1.29 bits per heavy atom. The molecule has 0 spiro atoms. The van der Waals surface area contributed by atoms with Crippen molar-refractivity contribution in [1.29, 1.82) is 0 Å². The predicted molar refractivity (Wildman–Crippen MR) is 65.7 cm³/mol. The van der Waals surface area contributed by atoms with Crippen molar-refractivity contribution in [2.75, 3.05) is 32.7 Å². The van der Waals surface area contributed by atoms with Crippen LogP contribution in [0, 0.1) is 5.92 Å². The van der Waals surface area contributed by atoms with Gasteiger partial charge in [-0.25, -0.2) is 0 Å². The molecule has 1 unspecified atom stereocenters. The van der Waals surface area contributed by atoms with Crippen LogP contribution in [0.3, 0.4) is 0 Å². The van der Waals surface area contributed by atoms with E-state index in [2.05, 4.69) is 11.8 Å². The van der Waals surface area contributed by atoms with Gasteiger partial charge in [-0.3, -0.25) is 14.5 Å². The number of nitrogens with zero attached hydrogens (tertiary/aromatic N) is 2. The molecule has 1 atom stereocenters. The summed E-state index contributed by atoms with van der Waals surface area (Å²) >= 11 is 0. The molecule has 0 bridgehead atoms. The Balaban J connectivity index is 1.78. The van der Waals surface area contributed by atoms with Crippen molar-refractivity contribution in [3.8, 4) is 0 Å². The molecular weight excluding hydrogens is 216 g/mol. The number of likely N-dealkylation sites (tertiary alicyclic amines) is 2. The molecule has 2 heterocycles. The van der Waals surface area contributed by atoms with E-state index in [0.717, 1.165) is 13.1 Å². The highest BCUT2D eigenvalue weighted by Crippen LogP contribution is 2.15. The fraction of sp³-hybridized carbons (Fsp3) is 0.846. The summed E-state index contributed by atoms with van der Waals surface area (Å²) in [6, 6.07) is 0. The lowest BCUT2D eigenvalue weighted by Gasteiger charge is -2.33. The third-order valence-electron chi connectivity index (χ3n) is 3.77. The topological polar surface area (TPSA) is 40.6 Å². The second-order valence-electron chi connectivity index (χ2n) is 5.40. The lowest BCUT2D eigenvalue weighted by atomic mass is 10.0. The van der Waals surface area contributed by atoms with E-state index in [0.29, 0.717) is 44.2 Å². The van der Waals surface area contributed by atoms with E-state index in [9.17, 15) is 9.59 Å². The summed E-state index contributed by atoms with van der Waals surface area (Å²) in [6.07, 6.45) is 3.57. The van der Waals surface area contributed by atoms with Crippen LogP contribution in [-0.4, -0.2) is 54.2 Å². The first kappa shape index (κ1) is 12.6. The largest absolute Gasteiger partial charge is 0.341 e. The van der Waals surface area contributed by atoms with Gasteiger partial charge >= 0.3 is 0 Å². The van der Waals surface area contributed by atoms with Crippen LogP contribution in [0.25, 0.3) is 0 Å². The Hall–Kier alpha value is -0.900. The Bertz CT molecular complexity index is 294. The Morgan fingerprint density at radius 2 is 2.00 bits per heavy atom. The van der Waals surface area contributed by atoms with E-state index < -0.39 is 0 Å². The van der Waals surface area contributed by atoms with Gasteiger partial charge in [-0.05, 0) is 25.3 Å². The minimum Gasteiger partial charge on any atom is -0.341 e. The first-order valence-electron chi connectivity index (χ1n) is 6.67. The lowest BCUT2D eigenvalue weighted by molar-refractivity contribution is -0.135. The zero-order valence-corrected chi connectivity index (χ0v) is 10.7. The lowest BCUT2D eigenvalue weighted by Crippen LogP contribution is -2.46. The number of ketones is 1. The number of Topliss-reactive ketones (excluding diaryl/α,β-unsaturated/α-hetero) is 1. The monoisotopic (exact) mass is 238 g/mol. The van der Waals surface area contributed by atoms with Gasteiger partial charge in [0.25, 0.3) is 0 Å².